The number of rotatable bonds is 7. The monoisotopic (exact) mass is 627 g/mol. The number of aromatic hydroxyl groups is 1. The van der Waals surface area contributed by atoms with E-state index in [1.807, 2.05) is 135 Å². The first kappa shape index (κ1) is 31.9. The lowest BCUT2D eigenvalue weighted by molar-refractivity contribution is 0.0930. The van der Waals surface area contributed by atoms with E-state index in [9.17, 15) is 14.7 Å². The number of phenolic OH excluding ortho intramolecular Hbond substituents is 1. The van der Waals surface area contributed by atoms with Crippen molar-refractivity contribution in [2.24, 2.45) is 0 Å². The maximum Gasteiger partial charge on any atom is 0.255 e. The minimum Gasteiger partial charge on any atom is -0.507 e. The molecule has 0 aliphatic carbocycles. The number of carbonyl (C=O) groups is 2. The largest absolute Gasteiger partial charge is 0.507 e. The lowest BCUT2D eigenvalue weighted by Crippen LogP contribution is -2.27. The van der Waals surface area contributed by atoms with Crippen molar-refractivity contribution in [1.29, 1.82) is 0 Å². The van der Waals surface area contributed by atoms with Crippen LogP contribution in [0.5, 0.6) is 5.75 Å². The fraction of sp³-hybridized carbons (Fsp3) is 0.103. The van der Waals surface area contributed by atoms with Crippen molar-refractivity contribution < 1.29 is 14.7 Å². The predicted molar refractivity (Wildman–Crippen MR) is 185 cm³/mol. The van der Waals surface area contributed by atoms with Crippen LogP contribution in [-0.4, -0.2) is 21.9 Å². The molecule has 0 spiro atoms. The zero-order valence-corrected chi connectivity index (χ0v) is 26.3. The van der Waals surface area contributed by atoms with Gasteiger partial charge in [0.25, 0.3) is 11.8 Å². The van der Waals surface area contributed by atoms with Gasteiger partial charge >= 0.3 is 0 Å². The molecule has 2 atom stereocenters. The van der Waals surface area contributed by atoms with Gasteiger partial charge in [-0.25, -0.2) is 4.98 Å². The summed E-state index contributed by atoms with van der Waals surface area (Å²) in [7, 11) is 0. The molecule has 7 heteroatoms. The van der Waals surface area contributed by atoms with Gasteiger partial charge in [0.15, 0.2) is 0 Å². The molecular formula is C39H34ClN3O3. The van der Waals surface area contributed by atoms with Crippen LogP contribution in [0.1, 0.15) is 57.8 Å². The van der Waals surface area contributed by atoms with Gasteiger partial charge in [-0.15, -0.1) is 0 Å². The molecule has 3 N–H and O–H groups in total. The minimum absolute atomic E-state index is 0.0780. The maximum atomic E-state index is 13.1. The molecule has 1 heterocycles. The van der Waals surface area contributed by atoms with E-state index in [1.165, 1.54) is 18.2 Å². The first-order valence-corrected chi connectivity index (χ1v) is 15.3. The number of nitrogens with zero attached hydrogens (tertiary/aromatic N) is 1. The second-order valence-corrected chi connectivity index (χ2v) is 11.2. The van der Waals surface area contributed by atoms with E-state index >= 15 is 0 Å². The van der Waals surface area contributed by atoms with E-state index in [2.05, 4.69) is 10.6 Å². The molecule has 6 nitrogen and oxygen atoms in total. The molecule has 1 aromatic heterocycles. The fourth-order valence-corrected chi connectivity index (χ4v) is 5.18. The molecule has 0 saturated heterocycles. The standard InChI is InChI=1S/C24H20N2O.C15H14ClNO2/c1-17(18-10-4-2-5-11-18)25-24(27)21-16-23(19-12-6-3-7-13-19)26-22-15-9-8-14-20(21)22;1-10(11-5-3-2-4-6-11)17-15(19)13-9-12(16)7-8-14(13)18/h2-17H,1H3,(H,25,27);2-10,18H,1H3,(H,17,19)/t17-;10-/m00/s1. The molecule has 0 bridgehead atoms. The molecular weight excluding hydrogens is 594 g/mol. The van der Waals surface area contributed by atoms with Gasteiger partial charge in [0.05, 0.1) is 34.4 Å². The Bertz CT molecular complexity index is 1930. The lowest BCUT2D eigenvalue weighted by atomic mass is 10.0. The Morgan fingerprint density at radius 3 is 1.72 bits per heavy atom. The zero-order chi connectivity index (χ0) is 32.5. The van der Waals surface area contributed by atoms with Crippen LogP contribution in [0.3, 0.4) is 0 Å². The highest BCUT2D eigenvalue weighted by molar-refractivity contribution is 6.31. The van der Waals surface area contributed by atoms with Gasteiger partial charge in [0.2, 0.25) is 0 Å². The van der Waals surface area contributed by atoms with Crippen LogP contribution in [0.4, 0.5) is 0 Å². The molecule has 0 fully saturated rings. The number of carbonyl (C=O) groups excluding carboxylic acids is 2. The molecule has 6 rings (SSSR count). The van der Waals surface area contributed by atoms with Crippen molar-refractivity contribution in [3.05, 3.63) is 167 Å². The lowest BCUT2D eigenvalue weighted by Gasteiger charge is -2.16. The number of amides is 2. The number of fused-ring (bicyclic) bond motifs is 1. The summed E-state index contributed by atoms with van der Waals surface area (Å²) in [5.41, 5.74) is 5.50. The second kappa shape index (κ2) is 15.0. The number of halogens is 1. The van der Waals surface area contributed by atoms with E-state index < -0.39 is 0 Å². The zero-order valence-electron chi connectivity index (χ0n) is 25.5. The third kappa shape index (κ3) is 7.97. The van der Waals surface area contributed by atoms with Gasteiger partial charge < -0.3 is 15.7 Å². The van der Waals surface area contributed by atoms with E-state index in [4.69, 9.17) is 16.6 Å². The summed E-state index contributed by atoms with van der Waals surface area (Å²) in [6, 6.07) is 43.3. The highest BCUT2D eigenvalue weighted by atomic mass is 35.5. The molecule has 0 radical (unpaired) electrons. The van der Waals surface area contributed by atoms with Gasteiger partial charge in [0.1, 0.15) is 5.75 Å². The summed E-state index contributed by atoms with van der Waals surface area (Å²) in [5, 5.41) is 16.9. The van der Waals surface area contributed by atoms with E-state index in [1.54, 1.807) is 0 Å². The number of hydrogen-bond donors (Lipinski definition) is 3. The van der Waals surface area contributed by atoms with Gasteiger partial charge in [-0.3, -0.25) is 9.59 Å². The third-order valence-electron chi connectivity index (χ3n) is 7.53. The summed E-state index contributed by atoms with van der Waals surface area (Å²) >= 11 is 5.82. The van der Waals surface area contributed by atoms with Crippen molar-refractivity contribution in [3.63, 3.8) is 0 Å². The van der Waals surface area contributed by atoms with Crippen LogP contribution in [-0.2, 0) is 0 Å². The summed E-state index contributed by atoms with van der Waals surface area (Å²) in [6.45, 7) is 3.88. The smallest absolute Gasteiger partial charge is 0.255 e. The molecule has 5 aromatic carbocycles. The highest BCUT2D eigenvalue weighted by Crippen LogP contribution is 2.26. The molecule has 0 saturated carbocycles. The highest BCUT2D eigenvalue weighted by Gasteiger charge is 2.17. The number of phenols is 1. The van der Waals surface area contributed by atoms with E-state index in [0.29, 0.717) is 10.6 Å². The Hall–Kier alpha value is -5.46. The Kier molecular flexibility index (Phi) is 10.4. The Morgan fingerprint density at radius 2 is 1.13 bits per heavy atom. The molecule has 6 aromatic rings. The Labute approximate surface area is 273 Å². The summed E-state index contributed by atoms with van der Waals surface area (Å²) in [6.07, 6.45) is 0. The normalized spacial score (nSPS) is 11.9. The van der Waals surface area contributed by atoms with Crippen LogP contribution < -0.4 is 10.6 Å². The molecule has 2 amide bonds. The van der Waals surface area contributed by atoms with Gasteiger partial charge in [0, 0.05) is 16.0 Å². The summed E-state index contributed by atoms with van der Waals surface area (Å²) in [4.78, 5) is 29.9. The number of benzene rings is 5. The molecule has 46 heavy (non-hydrogen) atoms. The average molecular weight is 628 g/mol. The predicted octanol–water partition coefficient (Wildman–Crippen LogP) is 8.93. The van der Waals surface area contributed by atoms with Crippen LogP contribution in [0.2, 0.25) is 5.02 Å². The summed E-state index contributed by atoms with van der Waals surface area (Å²) in [5.74, 6) is -0.527. The number of aromatic nitrogens is 1. The average Bonchev–Trinajstić information content (AvgIpc) is 3.10. The summed E-state index contributed by atoms with van der Waals surface area (Å²) < 4.78 is 0. The Morgan fingerprint density at radius 1 is 0.630 bits per heavy atom. The second-order valence-electron chi connectivity index (χ2n) is 10.8. The quantitative estimate of drug-likeness (QED) is 0.165. The van der Waals surface area contributed by atoms with Crippen molar-refractivity contribution in [2.45, 2.75) is 25.9 Å². The first-order valence-electron chi connectivity index (χ1n) is 15.0. The fourth-order valence-electron chi connectivity index (χ4n) is 5.01. The van der Waals surface area contributed by atoms with Gasteiger partial charge in [-0.05, 0) is 55.3 Å². The van der Waals surface area contributed by atoms with Crippen LogP contribution in [0, 0.1) is 0 Å². The first-order chi connectivity index (χ1) is 22.3. The van der Waals surface area contributed by atoms with Crippen molar-refractivity contribution in [3.8, 4) is 17.0 Å². The van der Waals surface area contributed by atoms with Crippen LogP contribution in [0.15, 0.2) is 140 Å². The van der Waals surface area contributed by atoms with Crippen molar-refractivity contribution in [1.82, 2.24) is 15.6 Å². The Balaban J connectivity index is 0.000000193. The van der Waals surface area contributed by atoms with Crippen molar-refractivity contribution in [2.75, 3.05) is 0 Å². The third-order valence-corrected chi connectivity index (χ3v) is 7.76. The minimum atomic E-state index is -0.351. The molecule has 0 aliphatic heterocycles. The maximum absolute atomic E-state index is 13.1. The number of para-hydroxylation sites is 1. The van der Waals surface area contributed by atoms with E-state index in [-0.39, 0.29) is 35.2 Å². The number of hydrogen-bond acceptors (Lipinski definition) is 4. The van der Waals surface area contributed by atoms with Crippen molar-refractivity contribution >= 4 is 34.3 Å². The van der Waals surface area contributed by atoms with E-state index in [0.717, 1.165) is 33.3 Å². The number of pyridine rings is 1. The van der Waals surface area contributed by atoms with Gasteiger partial charge in [-0.2, -0.15) is 0 Å². The van der Waals surface area contributed by atoms with Gasteiger partial charge in [-0.1, -0.05) is 121 Å². The number of nitrogens with one attached hydrogen (secondary N) is 2. The van der Waals surface area contributed by atoms with Crippen LogP contribution >= 0.6 is 11.6 Å². The van der Waals surface area contributed by atoms with Crippen LogP contribution in [0.25, 0.3) is 22.2 Å². The SMILES string of the molecule is C[C@H](NC(=O)c1cc(-c2ccccc2)nc2ccccc12)c1ccccc1.C[C@H](NC(=O)c1cc(Cl)ccc1O)c1ccccc1. The molecule has 230 valence electrons. The topological polar surface area (TPSA) is 91.3 Å². The molecule has 0 unspecified atom stereocenters. The molecule has 0 aliphatic rings.